The molecule has 0 atom stereocenters. The van der Waals surface area contributed by atoms with E-state index in [1.54, 1.807) is 0 Å². The maximum Gasteiger partial charge on any atom is 0.123 e. The van der Waals surface area contributed by atoms with Crippen LogP contribution in [0.5, 0.6) is 5.75 Å². The highest BCUT2D eigenvalue weighted by molar-refractivity contribution is 5.97. The second-order valence-corrected chi connectivity index (χ2v) is 5.39. The van der Waals surface area contributed by atoms with Crippen molar-refractivity contribution in [3.8, 4) is 5.75 Å². The first-order chi connectivity index (χ1) is 9.69. The first-order valence-corrected chi connectivity index (χ1v) is 7.60. The second-order valence-electron chi connectivity index (χ2n) is 5.39. The number of phenolic OH excluding ortho intramolecular Hbond substituents is 1. The molecule has 0 saturated heterocycles. The lowest BCUT2D eigenvalue weighted by Gasteiger charge is -2.14. The van der Waals surface area contributed by atoms with E-state index < -0.39 is 0 Å². The fraction of sp³-hybridized carbons (Fsp3) is 0.368. The van der Waals surface area contributed by atoms with E-state index in [2.05, 4.69) is 38.6 Å². The van der Waals surface area contributed by atoms with E-state index >= 15 is 0 Å². The molecular weight excluding hydrogens is 244 g/mol. The van der Waals surface area contributed by atoms with Crippen LogP contribution in [-0.2, 0) is 6.42 Å². The van der Waals surface area contributed by atoms with Gasteiger partial charge in [-0.2, -0.15) is 0 Å². The Labute approximate surface area is 122 Å². The molecule has 0 saturated carbocycles. The van der Waals surface area contributed by atoms with Crippen LogP contribution < -0.4 is 0 Å². The van der Waals surface area contributed by atoms with Gasteiger partial charge in [-0.05, 0) is 47.2 Å². The van der Waals surface area contributed by atoms with Gasteiger partial charge in [-0.1, -0.05) is 57.5 Å². The number of benzene rings is 2. The van der Waals surface area contributed by atoms with Crippen molar-refractivity contribution in [2.75, 3.05) is 0 Å². The number of rotatable bonds is 6. The summed E-state index contributed by atoms with van der Waals surface area (Å²) in [5, 5.41) is 12.6. The molecule has 0 unspecified atom stereocenters. The average molecular weight is 268 g/mol. The summed E-state index contributed by atoms with van der Waals surface area (Å²) in [6.07, 6.45) is 5.51. The van der Waals surface area contributed by atoms with Crippen LogP contribution in [0.25, 0.3) is 16.3 Å². The molecule has 2 aromatic rings. The highest BCUT2D eigenvalue weighted by Gasteiger charge is 2.11. The summed E-state index contributed by atoms with van der Waals surface area (Å²) in [5.74, 6) is 0.354. The first kappa shape index (κ1) is 14.6. The van der Waals surface area contributed by atoms with Crippen LogP contribution in [0.1, 0.15) is 50.7 Å². The van der Waals surface area contributed by atoms with Crippen LogP contribution in [0.2, 0.25) is 0 Å². The standard InChI is InChI=1S/C19H24O/c1-4-6-7-9-14(3)19-17-11-8-10-15(5-2)16(17)12-13-18(19)20/h8,10-13,20H,3-7,9H2,1-2H3. The molecule has 0 aromatic heterocycles. The Hall–Kier alpha value is -1.76. The van der Waals surface area contributed by atoms with Gasteiger partial charge in [0.05, 0.1) is 0 Å². The van der Waals surface area contributed by atoms with Crippen molar-refractivity contribution in [3.05, 3.63) is 48.0 Å². The summed E-state index contributed by atoms with van der Waals surface area (Å²) in [6.45, 7) is 8.57. The van der Waals surface area contributed by atoms with E-state index in [1.807, 2.05) is 12.1 Å². The van der Waals surface area contributed by atoms with Crippen molar-refractivity contribution >= 4 is 16.3 Å². The normalized spacial score (nSPS) is 10.9. The molecule has 2 aromatic carbocycles. The summed E-state index contributed by atoms with van der Waals surface area (Å²) in [5.41, 5.74) is 3.31. The molecule has 0 bridgehead atoms. The van der Waals surface area contributed by atoms with Crippen molar-refractivity contribution in [2.45, 2.75) is 46.0 Å². The zero-order valence-electron chi connectivity index (χ0n) is 12.6. The maximum atomic E-state index is 10.2. The summed E-state index contributed by atoms with van der Waals surface area (Å²) in [7, 11) is 0. The van der Waals surface area contributed by atoms with Gasteiger partial charge in [-0.25, -0.2) is 0 Å². The second kappa shape index (κ2) is 6.60. The number of aromatic hydroxyl groups is 1. The summed E-state index contributed by atoms with van der Waals surface area (Å²) >= 11 is 0. The van der Waals surface area contributed by atoms with Gasteiger partial charge in [0, 0.05) is 5.56 Å². The largest absolute Gasteiger partial charge is 0.507 e. The number of hydrogen-bond donors (Lipinski definition) is 1. The van der Waals surface area contributed by atoms with Gasteiger partial charge in [-0.3, -0.25) is 0 Å². The predicted octanol–water partition coefficient (Wildman–Crippen LogP) is 5.70. The minimum absolute atomic E-state index is 0.354. The third-order valence-electron chi connectivity index (χ3n) is 3.95. The van der Waals surface area contributed by atoms with Crippen LogP contribution >= 0.6 is 0 Å². The van der Waals surface area contributed by atoms with E-state index in [-0.39, 0.29) is 0 Å². The third-order valence-corrected chi connectivity index (χ3v) is 3.95. The minimum atomic E-state index is 0.354. The van der Waals surface area contributed by atoms with Crippen LogP contribution in [0.4, 0.5) is 0 Å². The van der Waals surface area contributed by atoms with Crippen molar-refractivity contribution in [3.63, 3.8) is 0 Å². The molecule has 0 radical (unpaired) electrons. The molecule has 1 heteroatoms. The third kappa shape index (κ3) is 2.87. The number of hydrogen-bond acceptors (Lipinski definition) is 1. The molecule has 0 fully saturated rings. The van der Waals surface area contributed by atoms with Crippen LogP contribution in [0, 0.1) is 0 Å². The Balaban J connectivity index is 2.46. The zero-order valence-corrected chi connectivity index (χ0v) is 12.6. The van der Waals surface area contributed by atoms with E-state index in [4.69, 9.17) is 0 Å². The van der Waals surface area contributed by atoms with Gasteiger partial charge < -0.3 is 5.11 Å². The molecule has 0 spiro atoms. The van der Waals surface area contributed by atoms with Crippen molar-refractivity contribution in [1.82, 2.24) is 0 Å². The SMILES string of the molecule is C=C(CCCCC)c1c(O)ccc2c(CC)cccc12. The van der Waals surface area contributed by atoms with Gasteiger partial charge in [0.2, 0.25) is 0 Å². The van der Waals surface area contributed by atoms with Gasteiger partial charge in [0.25, 0.3) is 0 Å². The Morgan fingerprint density at radius 3 is 2.55 bits per heavy atom. The number of unbranched alkanes of at least 4 members (excludes halogenated alkanes) is 2. The van der Waals surface area contributed by atoms with E-state index in [1.165, 1.54) is 23.8 Å². The molecule has 2 rings (SSSR count). The van der Waals surface area contributed by atoms with Crippen molar-refractivity contribution < 1.29 is 5.11 Å². The van der Waals surface area contributed by atoms with Gasteiger partial charge in [-0.15, -0.1) is 0 Å². The molecule has 0 amide bonds. The Morgan fingerprint density at radius 1 is 1.05 bits per heavy atom. The summed E-state index contributed by atoms with van der Waals surface area (Å²) in [6, 6.07) is 10.1. The summed E-state index contributed by atoms with van der Waals surface area (Å²) < 4.78 is 0. The smallest absolute Gasteiger partial charge is 0.123 e. The van der Waals surface area contributed by atoms with Gasteiger partial charge in [0.1, 0.15) is 5.75 Å². The van der Waals surface area contributed by atoms with Crippen LogP contribution in [0.3, 0.4) is 0 Å². The van der Waals surface area contributed by atoms with Crippen LogP contribution in [0.15, 0.2) is 36.9 Å². The fourth-order valence-corrected chi connectivity index (χ4v) is 2.80. The number of aryl methyl sites for hydroxylation is 1. The topological polar surface area (TPSA) is 20.2 Å². The van der Waals surface area contributed by atoms with Crippen molar-refractivity contribution in [1.29, 1.82) is 0 Å². The monoisotopic (exact) mass is 268 g/mol. The van der Waals surface area contributed by atoms with Gasteiger partial charge in [0.15, 0.2) is 0 Å². The Bertz CT molecular complexity index is 610. The highest BCUT2D eigenvalue weighted by Crippen LogP contribution is 2.35. The van der Waals surface area contributed by atoms with E-state index in [0.29, 0.717) is 5.75 Å². The van der Waals surface area contributed by atoms with Crippen molar-refractivity contribution in [2.24, 2.45) is 0 Å². The lowest BCUT2D eigenvalue weighted by Crippen LogP contribution is -1.91. The molecule has 20 heavy (non-hydrogen) atoms. The Morgan fingerprint density at radius 2 is 1.85 bits per heavy atom. The molecule has 0 aliphatic carbocycles. The quantitative estimate of drug-likeness (QED) is 0.666. The molecule has 106 valence electrons. The Kier molecular flexibility index (Phi) is 4.84. The molecular formula is C19H24O. The molecule has 0 aliphatic rings. The fourth-order valence-electron chi connectivity index (χ4n) is 2.80. The number of allylic oxidation sites excluding steroid dienone is 1. The first-order valence-electron chi connectivity index (χ1n) is 7.60. The zero-order chi connectivity index (χ0) is 14.5. The maximum absolute atomic E-state index is 10.2. The lowest BCUT2D eigenvalue weighted by atomic mass is 9.92. The predicted molar refractivity (Wildman–Crippen MR) is 88.2 cm³/mol. The average Bonchev–Trinajstić information content (AvgIpc) is 2.46. The van der Waals surface area contributed by atoms with E-state index in [9.17, 15) is 5.11 Å². The molecule has 0 aliphatic heterocycles. The number of phenols is 1. The minimum Gasteiger partial charge on any atom is -0.507 e. The molecule has 0 heterocycles. The highest BCUT2D eigenvalue weighted by atomic mass is 16.3. The van der Waals surface area contributed by atoms with E-state index in [0.717, 1.165) is 35.8 Å². The lowest BCUT2D eigenvalue weighted by molar-refractivity contribution is 0.474. The van der Waals surface area contributed by atoms with Gasteiger partial charge >= 0.3 is 0 Å². The van der Waals surface area contributed by atoms with Crippen LogP contribution in [-0.4, -0.2) is 5.11 Å². The summed E-state index contributed by atoms with van der Waals surface area (Å²) in [4.78, 5) is 0. The molecule has 1 nitrogen and oxygen atoms in total. The molecule has 1 N–H and O–H groups in total. The number of fused-ring (bicyclic) bond motifs is 1.